The van der Waals surface area contributed by atoms with Crippen LogP contribution in [0.1, 0.15) is 74.9 Å². The van der Waals surface area contributed by atoms with Crippen LogP contribution in [0.15, 0.2) is 195 Å². The monoisotopic (exact) mass is 814 g/mol. The van der Waals surface area contributed by atoms with Crippen molar-refractivity contribution in [1.82, 2.24) is 9.13 Å². The number of para-hydroxylation sites is 3. The molecule has 10 aromatic rings. The van der Waals surface area contributed by atoms with Crippen LogP contribution in [0, 0.1) is 5.92 Å². The van der Waals surface area contributed by atoms with Gasteiger partial charge < -0.3 is 9.13 Å². The molecule has 0 fully saturated rings. The first-order valence-electron chi connectivity index (χ1n) is 22.3. The van der Waals surface area contributed by atoms with E-state index >= 15 is 0 Å². The maximum Gasteiger partial charge on any atom is 0.0541 e. The molecule has 0 atom stereocenters. The molecule has 0 aliphatic rings. The van der Waals surface area contributed by atoms with E-state index in [1.807, 2.05) is 6.08 Å². The lowest BCUT2D eigenvalue weighted by Crippen LogP contribution is -2.24. The lowest BCUT2D eigenvalue weighted by atomic mass is 9.75. The van der Waals surface area contributed by atoms with Gasteiger partial charge in [0, 0.05) is 38.3 Å². The molecule has 2 heterocycles. The van der Waals surface area contributed by atoms with Crippen LogP contribution in [0.25, 0.3) is 77.8 Å². The van der Waals surface area contributed by atoms with E-state index in [0.717, 1.165) is 44.8 Å². The SMILES string of the molecule is C=Cc1ccc(C(C)(C)c2ccc3c(c2)c2ccccc2n3-c2ccc(C(=C)c3ccc(C(C)(C)C(C)C)cc3)c(-c3cccc(-n4c5ccccc5c5ccccc54)c3)c2)cc1. The van der Waals surface area contributed by atoms with E-state index in [1.54, 1.807) is 0 Å². The third kappa shape index (κ3) is 6.64. The summed E-state index contributed by atoms with van der Waals surface area (Å²) in [5.74, 6) is 0.515. The predicted molar refractivity (Wildman–Crippen MR) is 272 cm³/mol. The van der Waals surface area contributed by atoms with Gasteiger partial charge in [-0.3, -0.25) is 0 Å². The Balaban J connectivity index is 1.16. The van der Waals surface area contributed by atoms with Gasteiger partial charge in [-0.1, -0.05) is 188 Å². The third-order valence-corrected chi connectivity index (χ3v) is 14.3. The molecule has 10 rings (SSSR count). The molecule has 0 spiro atoms. The number of hydrogen-bond donors (Lipinski definition) is 0. The van der Waals surface area contributed by atoms with Crippen LogP contribution >= 0.6 is 0 Å². The van der Waals surface area contributed by atoms with Crippen molar-refractivity contribution in [1.29, 1.82) is 0 Å². The molecule has 0 aliphatic carbocycles. The first-order chi connectivity index (χ1) is 30.4. The highest BCUT2D eigenvalue weighted by Gasteiger charge is 2.27. The van der Waals surface area contributed by atoms with Gasteiger partial charge in [-0.2, -0.15) is 0 Å². The van der Waals surface area contributed by atoms with E-state index in [9.17, 15) is 0 Å². The molecule has 0 amide bonds. The molecular weight excluding hydrogens is 761 g/mol. The first-order valence-corrected chi connectivity index (χ1v) is 22.3. The normalized spacial score (nSPS) is 12.2. The quantitative estimate of drug-likeness (QED) is 0.130. The van der Waals surface area contributed by atoms with Crippen molar-refractivity contribution in [3.8, 4) is 22.5 Å². The maximum atomic E-state index is 4.81. The number of nitrogens with zero attached hydrogens (tertiary/aromatic N) is 2. The van der Waals surface area contributed by atoms with Crippen LogP contribution in [0.2, 0.25) is 0 Å². The van der Waals surface area contributed by atoms with Crippen LogP contribution < -0.4 is 0 Å². The zero-order valence-corrected chi connectivity index (χ0v) is 37.3. The Morgan fingerprint density at radius 3 is 1.60 bits per heavy atom. The van der Waals surface area contributed by atoms with Gasteiger partial charge in [-0.25, -0.2) is 0 Å². The van der Waals surface area contributed by atoms with Crippen molar-refractivity contribution >= 4 is 55.3 Å². The van der Waals surface area contributed by atoms with Gasteiger partial charge in [0.1, 0.15) is 0 Å². The molecular formula is C61H54N2. The van der Waals surface area contributed by atoms with Crippen molar-refractivity contribution in [3.05, 3.63) is 229 Å². The van der Waals surface area contributed by atoms with E-state index < -0.39 is 0 Å². The lowest BCUT2D eigenvalue weighted by molar-refractivity contribution is 0.372. The second-order valence-corrected chi connectivity index (χ2v) is 18.6. The summed E-state index contributed by atoms with van der Waals surface area (Å²) in [5, 5.41) is 4.98. The molecule has 0 radical (unpaired) electrons. The summed E-state index contributed by atoms with van der Waals surface area (Å²) in [4.78, 5) is 0. The number of hydrogen-bond acceptors (Lipinski definition) is 0. The number of fused-ring (bicyclic) bond motifs is 6. The van der Waals surface area contributed by atoms with E-state index in [-0.39, 0.29) is 10.8 Å². The Morgan fingerprint density at radius 2 is 1.02 bits per heavy atom. The van der Waals surface area contributed by atoms with Crippen molar-refractivity contribution in [3.63, 3.8) is 0 Å². The average Bonchev–Trinajstić information content (AvgIpc) is 3.84. The smallest absolute Gasteiger partial charge is 0.0541 e. The minimum atomic E-state index is -0.198. The van der Waals surface area contributed by atoms with Crippen molar-refractivity contribution in [2.24, 2.45) is 5.92 Å². The molecule has 2 aromatic heterocycles. The van der Waals surface area contributed by atoms with Gasteiger partial charge in [0.2, 0.25) is 0 Å². The molecule has 0 N–H and O–H groups in total. The number of aromatic nitrogens is 2. The van der Waals surface area contributed by atoms with E-state index in [2.05, 4.69) is 239 Å². The standard InChI is InChI=1S/C61H54N2/c1-9-42-25-29-46(30-26-42)61(7,8)47-33-36-59-55(38-47)53-21-12-15-24-58(53)63(59)49-34-35-50(41(4)43-27-31-45(32-28-43)60(5,6)40(2)3)54(39-49)44-17-16-18-48(37-44)62-56-22-13-10-19-51(56)52-20-11-14-23-57(52)62/h9-40H,1,4H2,2-3,5-8H3. The van der Waals surface area contributed by atoms with E-state index in [0.29, 0.717) is 5.92 Å². The summed E-state index contributed by atoms with van der Waals surface area (Å²) >= 11 is 0. The Morgan fingerprint density at radius 1 is 0.492 bits per heavy atom. The van der Waals surface area contributed by atoms with E-state index in [1.165, 1.54) is 60.3 Å². The summed E-state index contributed by atoms with van der Waals surface area (Å²) in [6.45, 7) is 22.7. The summed E-state index contributed by atoms with van der Waals surface area (Å²) < 4.78 is 4.84. The van der Waals surface area contributed by atoms with Gasteiger partial charge in [-0.05, 0) is 116 Å². The van der Waals surface area contributed by atoms with Crippen LogP contribution in [0.3, 0.4) is 0 Å². The van der Waals surface area contributed by atoms with Crippen LogP contribution in [-0.2, 0) is 10.8 Å². The predicted octanol–water partition coefficient (Wildman–Crippen LogP) is 16.5. The lowest BCUT2D eigenvalue weighted by Gasteiger charge is -2.30. The summed E-state index contributed by atoms with van der Waals surface area (Å²) in [5.41, 5.74) is 17.4. The molecule has 63 heavy (non-hydrogen) atoms. The molecule has 2 nitrogen and oxygen atoms in total. The molecule has 0 saturated carbocycles. The highest BCUT2D eigenvalue weighted by Crippen LogP contribution is 2.42. The second kappa shape index (κ2) is 15.3. The average molecular weight is 815 g/mol. The molecule has 308 valence electrons. The third-order valence-electron chi connectivity index (χ3n) is 14.3. The van der Waals surface area contributed by atoms with Gasteiger partial charge >= 0.3 is 0 Å². The van der Waals surface area contributed by atoms with Gasteiger partial charge in [0.15, 0.2) is 0 Å². The zero-order chi connectivity index (χ0) is 43.6. The Bertz CT molecular complexity index is 3330. The number of benzene rings is 8. The molecule has 2 heteroatoms. The zero-order valence-electron chi connectivity index (χ0n) is 37.3. The fourth-order valence-corrected chi connectivity index (χ4v) is 9.62. The minimum Gasteiger partial charge on any atom is -0.309 e. The molecule has 8 aromatic carbocycles. The van der Waals surface area contributed by atoms with Crippen molar-refractivity contribution in [2.75, 3.05) is 0 Å². The fourth-order valence-electron chi connectivity index (χ4n) is 9.62. The molecule has 0 aliphatic heterocycles. The maximum absolute atomic E-state index is 4.81. The summed E-state index contributed by atoms with van der Waals surface area (Å²) in [6, 6.07) is 67.2. The van der Waals surface area contributed by atoms with Crippen LogP contribution in [-0.4, -0.2) is 9.13 Å². The fraction of sp³-hybridized carbons (Fsp3) is 0.148. The summed E-state index contributed by atoms with van der Waals surface area (Å²) in [7, 11) is 0. The van der Waals surface area contributed by atoms with Crippen LogP contribution in [0.5, 0.6) is 0 Å². The van der Waals surface area contributed by atoms with Gasteiger partial charge in [0.05, 0.1) is 22.1 Å². The highest BCUT2D eigenvalue weighted by molar-refractivity contribution is 6.10. The molecule has 0 saturated heterocycles. The highest BCUT2D eigenvalue weighted by atomic mass is 15.0. The summed E-state index contributed by atoms with van der Waals surface area (Å²) in [6.07, 6.45) is 1.90. The Hall–Kier alpha value is -7.16. The molecule has 0 bridgehead atoms. The Labute approximate surface area is 372 Å². The second-order valence-electron chi connectivity index (χ2n) is 18.6. The number of rotatable bonds is 10. The largest absolute Gasteiger partial charge is 0.309 e. The van der Waals surface area contributed by atoms with Gasteiger partial charge in [0.25, 0.3) is 0 Å². The van der Waals surface area contributed by atoms with Gasteiger partial charge in [-0.15, -0.1) is 0 Å². The minimum absolute atomic E-state index is 0.0653. The molecule has 0 unspecified atom stereocenters. The van der Waals surface area contributed by atoms with Crippen molar-refractivity contribution < 1.29 is 0 Å². The van der Waals surface area contributed by atoms with E-state index in [4.69, 9.17) is 6.58 Å². The Kier molecular flexibility index (Phi) is 9.72. The first kappa shape index (κ1) is 39.9. The topological polar surface area (TPSA) is 9.86 Å². The van der Waals surface area contributed by atoms with Crippen LogP contribution in [0.4, 0.5) is 0 Å². The van der Waals surface area contributed by atoms with Crippen molar-refractivity contribution in [2.45, 2.75) is 52.4 Å².